The Hall–Kier alpha value is -1.28. The van der Waals surface area contributed by atoms with Crippen molar-refractivity contribution in [1.29, 1.82) is 0 Å². The molecule has 128 valence electrons. The van der Waals surface area contributed by atoms with E-state index in [1.165, 1.54) is 17.8 Å². The Morgan fingerprint density at radius 3 is 2.43 bits per heavy atom. The molecule has 1 unspecified atom stereocenters. The van der Waals surface area contributed by atoms with Gasteiger partial charge in [-0.3, -0.25) is 4.79 Å². The summed E-state index contributed by atoms with van der Waals surface area (Å²) in [5, 5.41) is 0.0541. The van der Waals surface area contributed by atoms with E-state index < -0.39 is 11.7 Å². The summed E-state index contributed by atoms with van der Waals surface area (Å²) in [6.45, 7) is 7.93. The van der Waals surface area contributed by atoms with E-state index in [1.807, 2.05) is 4.90 Å². The molecular formula is C15H20F3N3OS. The lowest BCUT2D eigenvalue weighted by atomic mass is 10.3. The quantitative estimate of drug-likeness (QED) is 0.785. The second-order valence-corrected chi connectivity index (χ2v) is 6.76. The maximum absolute atomic E-state index is 12.5. The molecular weight excluding hydrogens is 327 g/mol. The first-order chi connectivity index (χ1) is 10.8. The van der Waals surface area contributed by atoms with Gasteiger partial charge in [0, 0.05) is 32.4 Å². The van der Waals surface area contributed by atoms with E-state index in [0.29, 0.717) is 18.1 Å². The van der Waals surface area contributed by atoms with Crippen LogP contribution in [0, 0.1) is 0 Å². The first-order valence-corrected chi connectivity index (χ1v) is 8.40. The average molecular weight is 347 g/mol. The number of hydrogen-bond acceptors (Lipinski definition) is 4. The van der Waals surface area contributed by atoms with Gasteiger partial charge < -0.3 is 9.80 Å². The summed E-state index contributed by atoms with van der Waals surface area (Å²) < 4.78 is 37.5. The highest BCUT2D eigenvalue weighted by molar-refractivity contribution is 8.00. The molecule has 1 aromatic heterocycles. The number of amides is 1. The SMILES string of the molecule is CCN1CCN(C(=O)C(C)Sc2ccc(C(F)(F)F)cn2)CC1. The third-order valence-electron chi connectivity index (χ3n) is 3.84. The Kier molecular flexibility index (Phi) is 5.91. The van der Waals surface area contributed by atoms with Crippen molar-refractivity contribution in [3.63, 3.8) is 0 Å². The second kappa shape index (κ2) is 7.53. The minimum Gasteiger partial charge on any atom is -0.339 e. The van der Waals surface area contributed by atoms with Gasteiger partial charge in [-0.05, 0) is 25.6 Å². The fraction of sp³-hybridized carbons (Fsp3) is 0.600. The van der Waals surface area contributed by atoms with Crippen LogP contribution in [0.4, 0.5) is 13.2 Å². The number of carbonyl (C=O) groups is 1. The fourth-order valence-electron chi connectivity index (χ4n) is 2.39. The molecule has 0 N–H and O–H groups in total. The molecule has 1 fully saturated rings. The van der Waals surface area contributed by atoms with Crippen LogP contribution in [0.3, 0.4) is 0 Å². The van der Waals surface area contributed by atoms with E-state index in [0.717, 1.165) is 31.9 Å². The number of piperazine rings is 1. The molecule has 8 heteroatoms. The summed E-state index contributed by atoms with van der Waals surface area (Å²) in [4.78, 5) is 20.3. The molecule has 1 amide bonds. The Balaban J connectivity index is 1.91. The molecule has 1 saturated heterocycles. The van der Waals surface area contributed by atoms with Crippen LogP contribution in [0.2, 0.25) is 0 Å². The highest BCUT2D eigenvalue weighted by atomic mass is 32.2. The number of thioether (sulfide) groups is 1. The zero-order valence-electron chi connectivity index (χ0n) is 13.1. The maximum atomic E-state index is 12.5. The van der Waals surface area contributed by atoms with E-state index in [1.54, 1.807) is 6.92 Å². The predicted molar refractivity (Wildman–Crippen MR) is 83.3 cm³/mol. The number of halogens is 3. The summed E-state index contributed by atoms with van der Waals surface area (Å²) in [5.41, 5.74) is -0.781. The first kappa shape index (κ1) is 18.1. The van der Waals surface area contributed by atoms with Crippen molar-refractivity contribution in [2.24, 2.45) is 0 Å². The third kappa shape index (κ3) is 4.84. The highest BCUT2D eigenvalue weighted by Crippen LogP contribution is 2.30. The molecule has 0 saturated carbocycles. The van der Waals surface area contributed by atoms with Crippen LogP contribution >= 0.6 is 11.8 Å². The minimum atomic E-state index is -4.39. The Morgan fingerprint density at radius 1 is 1.30 bits per heavy atom. The predicted octanol–water partition coefficient (Wildman–Crippen LogP) is 2.75. The number of likely N-dealkylation sites (N-methyl/N-ethyl adjacent to an activating group) is 1. The lowest BCUT2D eigenvalue weighted by Crippen LogP contribution is -2.50. The van der Waals surface area contributed by atoms with Crippen LogP contribution < -0.4 is 0 Å². The zero-order valence-corrected chi connectivity index (χ0v) is 14.0. The third-order valence-corrected chi connectivity index (χ3v) is 4.88. The number of alkyl halides is 3. The van der Waals surface area contributed by atoms with Gasteiger partial charge in [0.15, 0.2) is 0 Å². The van der Waals surface area contributed by atoms with E-state index in [9.17, 15) is 18.0 Å². The molecule has 23 heavy (non-hydrogen) atoms. The van der Waals surface area contributed by atoms with Gasteiger partial charge in [-0.25, -0.2) is 4.98 Å². The molecule has 1 aliphatic rings. The van der Waals surface area contributed by atoms with E-state index in [4.69, 9.17) is 0 Å². The van der Waals surface area contributed by atoms with Gasteiger partial charge in [0.1, 0.15) is 0 Å². The topological polar surface area (TPSA) is 36.4 Å². The first-order valence-electron chi connectivity index (χ1n) is 7.52. The van der Waals surface area contributed by atoms with Gasteiger partial charge in [-0.1, -0.05) is 18.7 Å². The summed E-state index contributed by atoms with van der Waals surface area (Å²) in [5.74, 6) is 0.00690. The average Bonchev–Trinajstić information content (AvgIpc) is 2.54. The Labute approximate surface area is 138 Å². The monoisotopic (exact) mass is 347 g/mol. The van der Waals surface area contributed by atoms with Crippen LogP contribution in [0.1, 0.15) is 19.4 Å². The van der Waals surface area contributed by atoms with Crippen molar-refractivity contribution in [1.82, 2.24) is 14.8 Å². The largest absolute Gasteiger partial charge is 0.417 e. The Morgan fingerprint density at radius 2 is 1.96 bits per heavy atom. The van der Waals surface area contributed by atoms with Crippen molar-refractivity contribution in [2.75, 3.05) is 32.7 Å². The molecule has 4 nitrogen and oxygen atoms in total. The lowest BCUT2D eigenvalue weighted by molar-refractivity contribution is -0.138. The van der Waals surface area contributed by atoms with Gasteiger partial charge in [-0.2, -0.15) is 13.2 Å². The van der Waals surface area contributed by atoms with Crippen molar-refractivity contribution >= 4 is 17.7 Å². The van der Waals surface area contributed by atoms with E-state index in [2.05, 4.69) is 16.8 Å². The number of carbonyl (C=O) groups excluding carboxylic acids is 1. The molecule has 0 aromatic carbocycles. The fourth-order valence-corrected chi connectivity index (χ4v) is 3.26. The van der Waals surface area contributed by atoms with Gasteiger partial charge in [-0.15, -0.1) is 0 Å². The van der Waals surface area contributed by atoms with Crippen LogP contribution in [0.5, 0.6) is 0 Å². The van der Waals surface area contributed by atoms with Crippen LogP contribution in [-0.4, -0.2) is 58.7 Å². The van der Waals surface area contributed by atoms with Crippen LogP contribution in [-0.2, 0) is 11.0 Å². The van der Waals surface area contributed by atoms with Crippen molar-refractivity contribution < 1.29 is 18.0 Å². The van der Waals surface area contributed by atoms with Crippen molar-refractivity contribution in [3.8, 4) is 0 Å². The maximum Gasteiger partial charge on any atom is 0.417 e. The normalized spacial score (nSPS) is 18.0. The zero-order chi connectivity index (χ0) is 17.0. The van der Waals surface area contributed by atoms with Crippen LogP contribution in [0.25, 0.3) is 0 Å². The molecule has 1 atom stereocenters. The van der Waals surface area contributed by atoms with Gasteiger partial charge in [0.05, 0.1) is 15.8 Å². The smallest absolute Gasteiger partial charge is 0.339 e. The molecule has 0 spiro atoms. The minimum absolute atomic E-state index is 0.00690. The van der Waals surface area contributed by atoms with E-state index >= 15 is 0 Å². The number of aromatic nitrogens is 1. The lowest BCUT2D eigenvalue weighted by Gasteiger charge is -2.35. The molecule has 0 bridgehead atoms. The number of pyridine rings is 1. The number of hydrogen-bond donors (Lipinski definition) is 0. The summed E-state index contributed by atoms with van der Waals surface area (Å²) >= 11 is 1.19. The number of nitrogens with zero attached hydrogens (tertiary/aromatic N) is 3. The summed E-state index contributed by atoms with van der Waals surface area (Å²) in [6, 6.07) is 2.30. The molecule has 2 heterocycles. The van der Waals surface area contributed by atoms with Crippen molar-refractivity contribution in [3.05, 3.63) is 23.9 Å². The summed E-state index contributed by atoms with van der Waals surface area (Å²) in [7, 11) is 0. The van der Waals surface area contributed by atoms with E-state index in [-0.39, 0.29) is 11.2 Å². The van der Waals surface area contributed by atoms with Crippen molar-refractivity contribution in [2.45, 2.75) is 30.3 Å². The molecule has 0 radical (unpaired) electrons. The summed E-state index contributed by atoms with van der Waals surface area (Å²) in [6.07, 6.45) is -3.59. The van der Waals surface area contributed by atoms with Crippen LogP contribution in [0.15, 0.2) is 23.4 Å². The van der Waals surface area contributed by atoms with Gasteiger partial charge in [0.2, 0.25) is 5.91 Å². The molecule has 2 rings (SSSR count). The second-order valence-electron chi connectivity index (χ2n) is 5.40. The van der Waals surface area contributed by atoms with Gasteiger partial charge in [0.25, 0.3) is 0 Å². The highest BCUT2D eigenvalue weighted by Gasteiger charge is 2.31. The standard InChI is InChI=1S/C15H20F3N3OS/c1-3-20-6-8-21(9-7-20)14(22)11(2)23-13-5-4-12(10-19-13)15(16,17)18/h4-5,10-11H,3,6-9H2,1-2H3. The molecule has 0 aliphatic carbocycles. The molecule has 1 aliphatic heterocycles. The number of rotatable bonds is 4. The Bertz CT molecular complexity index is 528. The van der Waals surface area contributed by atoms with Gasteiger partial charge >= 0.3 is 6.18 Å². The molecule has 1 aromatic rings.